The molecule has 23 heavy (non-hydrogen) atoms. The Morgan fingerprint density at radius 3 is 2.35 bits per heavy atom. The first-order valence-electron chi connectivity index (χ1n) is 6.44. The Balaban J connectivity index is 2.17. The highest BCUT2D eigenvalue weighted by Crippen LogP contribution is 2.38. The average molecular weight is 386 g/mol. The Hall–Kier alpha value is -2.15. The van der Waals surface area contributed by atoms with Crippen molar-refractivity contribution in [2.45, 2.75) is 6.18 Å². The molecule has 0 unspecified atom stereocenters. The number of alkyl halides is 3. The van der Waals surface area contributed by atoms with Crippen molar-refractivity contribution < 1.29 is 22.3 Å². The third-order valence-corrected chi connectivity index (χ3v) is 3.72. The molecule has 0 saturated heterocycles. The summed E-state index contributed by atoms with van der Waals surface area (Å²) in [6, 6.07) is 10.7. The molecule has 0 atom stereocenters. The number of hydrogen-bond donors (Lipinski definition) is 0. The summed E-state index contributed by atoms with van der Waals surface area (Å²) >= 11 is 3.19. The summed E-state index contributed by atoms with van der Waals surface area (Å²) in [4.78, 5) is 3.65. The van der Waals surface area contributed by atoms with Crippen molar-refractivity contribution in [3.05, 3.63) is 64.5 Å². The number of benzene rings is 2. The molecule has 0 aliphatic rings. The Labute approximate surface area is 136 Å². The van der Waals surface area contributed by atoms with E-state index in [9.17, 15) is 17.6 Å². The van der Waals surface area contributed by atoms with Crippen LogP contribution < -0.4 is 4.74 Å². The van der Waals surface area contributed by atoms with E-state index in [-0.39, 0.29) is 17.0 Å². The number of rotatable bonds is 2. The van der Waals surface area contributed by atoms with Crippen molar-refractivity contribution in [2.75, 3.05) is 0 Å². The summed E-state index contributed by atoms with van der Waals surface area (Å²) in [5, 5.41) is 0.414. The predicted octanol–water partition coefficient (Wildman–Crippen LogP) is 5.95. The zero-order valence-electron chi connectivity index (χ0n) is 11.4. The number of fused-ring (bicyclic) bond motifs is 1. The van der Waals surface area contributed by atoms with E-state index in [0.29, 0.717) is 9.86 Å². The molecule has 0 radical (unpaired) electrons. The molecule has 0 aliphatic carbocycles. The van der Waals surface area contributed by atoms with Crippen molar-refractivity contribution in [2.24, 2.45) is 0 Å². The van der Waals surface area contributed by atoms with Gasteiger partial charge in [-0.3, -0.25) is 0 Å². The Bertz CT molecular complexity index is 862. The Kier molecular flexibility index (Phi) is 3.97. The maximum absolute atomic E-state index is 13.0. The van der Waals surface area contributed by atoms with Crippen molar-refractivity contribution in [3.8, 4) is 11.5 Å². The van der Waals surface area contributed by atoms with Gasteiger partial charge < -0.3 is 4.74 Å². The van der Waals surface area contributed by atoms with Crippen LogP contribution in [0.15, 0.2) is 53.0 Å². The van der Waals surface area contributed by atoms with Crippen LogP contribution in [0.25, 0.3) is 10.9 Å². The number of ether oxygens (including phenoxy) is 1. The number of nitrogens with zero attached hydrogens (tertiary/aromatic N) is 1. The molecule has 118 valence electrons. The minimum Gasteiger partial charge on any atom is -0.457 e. The Morgan fingerprint density at radius 1 is 1.00 bits per heavy atom. The zero-order valence-corrected chi connectivity index (χ0v) is 13.0. The lowest BCUT2D eigenvalue weighted by molar-refractivity contribution is -0.141. The monoisotopic (exact) mass is 385 g/mol. The average Bonchev–Trinajstić information content (AvgIpc) is 2.49. The summed E-state index contributed by atoms with van der Waals surface area (Å²) in [5.41, 5.74) is -0.923. The van der Waals surface area contributed by atoms with E-state index in [1.807, 2.05) is 0 Å². The van der Waals surface area contributed by atoms with Crippen LogP contribution in [0.2, 0.25) is 0 Å². The predicted molar refractivity (Wildman–Crippen MR) is 80.9 cm³/mol. The first-order chi connectivity index (χ1) is 10.8. The van der Waals surface area contributed by atoms with Gasteiger partial charge in [-0.2, -0.15) is 13.2 Å². The lowest BCUT2D eigenvalue weighted by Gasteiger charge is -2.13. The summed E-state index contributed by atoms with van der Waals surface area (Å²) in [5.74, 6) is -0.238. The molecule has 1 heterocycles. The minimum atomic E-state index is -4.61. The second-order valence-electron chi connectivity index (χ2n) is 4.70. The molecule has 0 fully saturated rings. The second kappa shape index (κ2) is 5.81. The van der Waals surface area contributed by atoms with Gasteiger partial charge in [-0.15, -0.1) is 0 Å². The molecule has 7 heteroatoms. The number of pyridine rings is 1. The standard InChI is InChI=1S/C16H8BrF4NO/c17-12-3-1-2-11-13(23-10-6-4-9(18)5-7-10)8-14(16(19,20)21)22-15(11)12/h1-8H. The van der Waals surface area contributed by atoms with Crippen LogP contribution in [0.3, 0.4) is 0 Å². The van der Waals surface area contributed by atoms with Gasteiger partial charge in [0.1, 0.15) is 23.0 Å². The summed E-state index contributed by atoms with van der Waals surface area (Å²) in [6.45, 7) is 0. The fourth-order valence-corrected chi connectivity index (χ4v) is 2.50. The van der Waals surface area contributed by atoms with Gasteiger partial charge in [0.2, 0.25) is 0 Å². The summed E-state index contributed by atoms with van der Waals surface area (Å²) < 4.78 is 58.0. The molecule has 3 rings (SSSR count). The number of aromatic nitrogens is 1. The van der Waals surface area contributed by atoms with Crippen LogP contribution in [-0.4, -0.2) is 4.98 Å². The number of hydrogen-bond acceptors (Lipinski definition) is 2. The molecule has 2 aromatic carbocycles. The van der Waals surface area contributed by atoms with Crippen LogP contribution in [0.4, 0.5) is 17.6 Å². The molecule has 1 aromatic heterocycles. The summed E-state index contributed by atoms with van der Waals surface area (Å²) in [6.07, 6.45) is -4.61. The smallest absolute Gasteiger partial charge is 0.433 e. The van der Waals surface area contributed by atoms with Crippen molar-refractivity contribution >= 4 is 26.8 Å². The lowest BCUT2D eigenvalue weighted by atomic mass is 10.1. The van der Waals surface area contributed by atoms with Gasteiger partial charge >= 0.3 is 6.18 Å². The van der Waals surface area contributed by atoms with Gasteiger partial charge in [0.15, 0.2) is 0 Å². The first-order valence-corrected chi connectivity index (χ1v) is 7.24. The second-order valence-corrected chi connectivity index (χ2v) is 5.55. The Morgan fingerprint density at radius 2 is 1.70 bits per heavy atom. The van der Waals surface area contributed by atoms with Crippen molar-refractivity contribution in [1.82, 2.24) is 4.98 Å². The van der Waals surface area contributed by atoms with Crippen LogP contribution in [0.5, 0.6) is 11.5 Å². The molecular formula is C16H8BrF4NO. The van der Waals surface area contributed by atoms with E-state index >= 15 is 0 Å². The highest BCUT2D eigenvalue weighted by Gasteiger charge is 2.34. The molecule has 0 aliphatic heterocycles. The molecule has 0 N–H and O–H groups in total. The minimum absolute atomic E-state index is 0.00441. The highest BCUT2D eigenvalue weighted by molar-refractivity contribution is 9.10. The quantitative estimate of drug-likeness (QED) is 0.508. The van der Waals surface area contributed by atoms with Gasteiger partial charge in [-0.1, -0.05) is 6.07 Å². The van der Waals surface area contributed by atoms with Gasteiger partial charge in [-0.25, -0.2) is 9.37 Å². The third-order valence-electron chi connectivity index (χ3n) is 3.08. The lowest BCUT2D eigenvalue weighted by Crippen LogP contribution is -2.08. The van der Waals surface area contributed by atoms with Crippen LogP contribution in [0, 0.1) is 5.82 Å². The van der Waals surface area contributed by atoms with Gasteiger partial charge in [0, 0.05) is 15.9 Å². The van der Waals surface area contributed by atoms with E-state index in [4.69, 9.17) is 4.74 Å². The largest absolute Gasteiger partial charge is 0.457 e. The number of halogens is 5. The molecule has 0 spiro atoms. The van der Waals surface area contributed by atoms with Gasteiger partial charge in [0.25, 0.3) is 0 Å². The SMILES string of the molecule is Fc1ccc(Oc2cc(C(F)(F)F)nc3c(Br)cccc23)cc1. The van der Waals surface area contributed by atoms with Crippen LogP contribution in [-0.2, 0) is 6.18 Å². The van der Waals surface area contributed by atoms with E-state index < -0.39 is 17.7 Å². The normalized spacial score (nSPS) is 11.7. The van der Waals surface area contributed by atoms with E-state index in [0.717, 1.165) is 6.07 Å². The third kappa shape index (κ3) is 3.29. The van der Waals surface area contributed by atoms with E-state index in [1.54, 1.807) is 18.2 Å². The number of para-hydroxylation sites is 1. The first kappa shape index (κ1) is 15.7. The molecule has 3 aromatic rings. The molecule has 2 nitrogen and oxygen atoms in total. The maximum atomic E-state index is 13.0. The fraction of sp³-hybridized carbons (Fsp3) is 0.0625. The zero-order chi connectivity index (χ0) is 16.6. The van der Waals surface area contributed by atoms with Crippen molar-refractivity contribution in [3.63, 3.8) is 0 Å². The van der Waals surface area contributed by atoms with E-state index in [2.05, 4.69) is 20.9 Å². The highest BCUT2D eigenvalue weighted by atomic mass is 79.9. The van der Waals surface area contributed by atoms with Gasteiger partial charge in [0.05, 0.1) is 5.52 Å². The fourth-order valence-electron chi connectivity index (χ4n) is 2.04. The topological polar surface area (TPSA) is 22.1 Å². The molecule has 0 bridgehead atoms. The van der Waals surface area contributed by atoms with Crippen molar-refractivity contribution in [1.29, 1.82) is 0 Å². The van der Waals surface area contributed by atoms with Crippen LogP contribution >= 0.6 is 15.9 Å². The summed E-state index contributed by atoms with van der Waals surface area (Å²) in [7, 11) is 0. The molecule has 0 saturated carbocycles. The molecular weight excluding hydrogens is 378 g/mol. The molecule has 0 amide bonds. The van der Waals surface area contributed by atoms with Crippen LogP contribution in [0.1, 0.15) is 5.69 Å². The maximum Gasteiger partial charge on any atom is 0.433 e. The van der Waals surface area contributed by atoms with Gasteiger partial charge in [-0.05, 0) is 52.3 Å². The van der Waals surface area contributed by atoms with E-state index in [1.165, 1.54) is 24.3 Å².